The molecule has 8 heavy (non-hydrogen) atoms. The number of nitrogens with one attached hydrogen (secondary N) is 1. The second-order valence-electron chi connectivity index (χ2n) is 1.86. The van der Waals surface area contributed by atoms with Crippen LogP contribution in [0.3, 0.4) is 0 Å². The highest BCUT2D eigenvalue weighted by molar-refractivity contribution is 6.31. The summed E-state index contributed by atoms with van der Waals surface area (Å²) in [5.41, 5.74) is 0. The van der Waals surface area contributed by atoms with Crippen molar-refractivity contribution in [3.05, 3.63) is 0 Å². The van der Waals surface area contributed by atoms with E-state index >= 15 is 0 Å². The minimum atomic E-state index is 0.715. The highest BCUT2D eigenvalue weighted by Crippen LogP contribution is 1.96. The Balaban J connectivity index is 2.00. The van der Waals surface area contributed by atoms with Crippen molar-refractivity contribution in [1.82, 2.24) is 5.39 Å². The Kier molecular flexibility index (Phi) is 2.95. The standard InChI is InChI=1S/C4H10BNO2/c1-2-4-7-8-6-5-3-1/h5-6H,1-4H2. The molecule has 1 aliphatic rings. The summed E-state index contributed by atoms with van der Waals surface area (Å²) in [7, 11) is 0.903. The van der Waals surface area contributed by atoms with Gasteiger partial charge in [0.2, 0.25) is 7.41 Å². The first-order chi connectivity index (χ1) is 4.00. The largest absolute Gasteiger partial charge is 0.238 e. The average Bonchev–Trinajstić information content (AvgIpc) is 1.62. The van der Waals surface area contributed by atoms with Gasteiger partial charge in [0.1, 0.15) is 0 Å². The maximum atomic E-state index is 4.66. The molecule has 1 N–H and O–H groups in total. The van der Waals surface area contributed by atoms with Crippen LogP contribution in [0.4, 0.5) is 0 Å². The average molecular weight is 115 g/mol. The van der Waals surface area contributed by atoms with E-state index in [-0.39, 0.29) is 0 Å². The topological polar surface area (TPSA) is 30.5 Å². The Hall–Kier alpha value is -0.0551. The molecular formula is C4H10BNO2. The molecule has 4 heteroatoms. The molecule has 0 radical (unpaired) electrons. The maximum absolute atomic E-state index is 4.66. The molecule has 1 rings (SSSR count). The van der Waals surface area contributed by atoms with Gasteiger partial charge in [0, 0.05) is 0 Å². The van der Waals surface area contributed by atoms with Crippen molar-refractivity contribution in [3.8, 4) is 0 Å². The van der Waals surface area contributed by atoms with E-state index in [1.807, 2.05) is 0 Å². The molecule has 0 bridgehead atoms. The number of rotatable bonds is 0. The van der Waals surface area contributed by atoms with Crippen LogP contribution in [0.2, 0.25) is 6.32 Å². The van der Waals surface area contributed by atoms with E-state index in [1.54, 1.807) is 0 Å². The van der Waals surface area contributed by atoms with Crippen LogP contribution in [0.15, 0.2) is 0 Å². The van der Waals surface area contributed by atoms with Crippen molar-refractivity contribution in [2.45, 2.75) is 19.2 Å². The lowest BCUT2D eigenvalue weighted by molar-refractivity contribution is -0.320. The molecule has 0 amide bonds. The lowest BCUT2D eigenvalue weighted by Crippen LogP contribution is -2.22. The summed E-state index contributed by atoms with van der Waals surface area (Å²) < 4.78 is 0. The molecule has 1 fully saturated rings. The van der Waals surface area contributed by atoms with Crippen LogP contribution in [0, 0.1) is 0 Å². The molecule has 46 valence electrons. The van der Waals surface area contributed by atoms with E-state index < -0.39 is 0 Å². The molecule has 3 nitrogen and oxygen atoms in total. The first-order valence-electron chi connectivity index (χ1n) is 3.01. The maximum Gasteiger partial charge on any atom is 0.238 e. The first kappa shape index (κ1) is 6.07. The van der Waals surface area contributed by atoms with Gasteiger partial charge in [-0.25, -0.2) is 10.3 Å². The van der Waals surface area contributed by atoms with Crippen LogP contribution >= 0.6 is 0 Å². The molecule has 1 heterocycles. The Morgan fingerprint density at radius 3 is 3.38 bits per heavy atom. The lowest BCUT2D eigenvalue weighted by atomic mass is 9.88. The van der Waals surface area contributed by atoms with Gasteiger partial charge < -0.3 is 0 Å². The predicted octanol–water partition coefficient (Wildman–Crippen LogP) is 0.00280. The van der Waals surface area contributed by atoms with Crippen molar-refractivity contribution in [1.29, 1.82) is 0 Å². The Morgan fingerprint density at radius 2 is 2.38 bits per heavy atom. The van der Waals surface area contributed by atoms with Gasteiger partial charge >= 0.3 is 0 Å². The van der Waals surface area contributed by atoms with Gasteiger partial charge in [-0.2, -0.15) is 4.99 Å². The molecule has 0 spiro atoms. The summed E-state index contributed by atoms with van der Waals surface area (Å²) in [5, 5.41) is 2.66. The van der Waals surface area contributed by atoms with Gasteiger partial charge in [0.25, 0.3) is 0 Å². The first-order valence-corrected chi connectivity index (χ1v) is 3.01. The number of hydrogen-bond donors (Lipinski definition) is 1. The molecule has 0 unspecified atom stereocenters. The summed E-state index contributed by atoms with van der Waals surface area (Å²) in [5.74, 6) is 0. The van der Waals surface area contributed by atoms with Gasteiger partial charge in [-0.05, 0) is 6.42 Å². The Morgan fingerprint density at radius 1 is 1.38 bits per heavy atom. The van der Waals surface area contributed by atoms with Crippen LogP contribution < -0.4 is 5.39 Å². The quantitative estimate of drug-likeness (QED) is 0.356. The molecule has 0 saturated carbocycles. The fourth-order valence-electron chi connectivity index (χ4n) is 0.660. The summed E-state index contributed by atoms with van der Waals surface area (Å²) in [6.45, 7) is 0.715. The molecule has 1 aliphatic heterocycles. The third kappa shape index (κ3) is 2.30. The van der Waals surface area contributed by atoms with E-state index in [0.29, 0.717) is 6.61 Å². The molecule has 0 aromatic rings. The van der Waals surface area contributed by atoms with Crippen molar-refractivity contribution in [2.75, 3.05) is 6.61 Å². The molecule has 0 atom stereocenters. The normalized spacial score (nSPS) is 23.0. The van der Waals surface area contributed by atoms with Gasteiger partial charge in [0.15, 0.2) is 0 Å². The van der Waals surface area contributed by atoms with Crippen molar-refractivity contribution >= 4 is 7.41 Å². The fraction of sp³-hybridized carbons (Fsp3) is 1.00. The summed E-state index contributed by atoms with van der Waals surface area (Å²) in [6.07, 6.45) is 3.53. The third-order valence-corrected chi connectivity index (χ3v) is 1.12. The summed E-state index contributed by atoms with van der Waals surface area (Å²) >= 11 is 0. The molecule has 0 aromatic carbocycles. The summed E-state index contributed by atoms with van der Waals surface area (Å²) in [4.78, 5) is 9.19. The van der Waals surface area contributed by atoms with Crippen LogP contribution in [0.25, 0.3) is 0 Å². The van der Waals surface area contributed by atoms with Crippen LogP contribution in [-0.4, -0.2) is 14.0 Å². The molecule has 0 aromatic heterocycles. The minimum Gasteiger partial charge on any atom is -0.219 e. The smallest absolute Gasteiger partial charge is 0.219 e. The van der Waals surface area contributed by atoms with Gasteiger partial charge in [-0.1, -0.05) is 12.7 Å². The van der Waals surface area contributed by atoms with E-state index in [1.165, 1.54) is 12.7 Å². The molecule has 0 aliphatic carbocycles. The van der Waals surface area contributed by atoms with Crippen molar-refractivity contribution in [2.24, 2.45) is 0 Å². The van der Waals surface area contributed by atoms with E-state index in [0.717, 1.165) is 13.8 Å². The highest BCUT2D eigenvalue weighted by Gasteiger charge is 1.97. The monoisotopic (exact) mass is 115 g/mol. The van der Waals surface area contributed by atoms with Gasteiger partial charge in [-0.3, -0.25) is 0 Å². The zero-order valence-corrected chi connectivity index (χ0v) is 4.85. The third-order valence-electron chi connectivity index (χ3n) is 1.12. The number of hydrogen-bond acceptors (Lipinski definition) is 3. The van der Waals surface area contributed by atoms with E-state index in [2.05, 4.69) is 15.3 Å². The highest BCUT2D eigenvalue weighted by atomic mass is 17.3. The Bertz CT molecular complexity index is 38.0. The lowest BCUT2D eigenvalue weighted by Gasteiger charge is -2.06. The second-order valence-corrected chi connectivity index (χ2v) is 1.86. The minimum absolute atomic E-state index is 0.715. The summed E-state index contributed by atoms with van der Waals surface area (Å²) in [6, 6.07) is 0. The van der Waals surface area contributed by atoms with Crippen LogP contribution in [0.1, 0.15) is 12.8 Å². The zero-order valence-electron chi connectivity index (χ0n) is 4.85. The predicted molar refractivity (Wildman–Crippen MR) is 31.4 cm³/mol. The zero-order chi connectivity index (χ0) is 5.66. The Labute approximate surface area is 49.5 Å². The van der Waals surface area contributed by atoms with Crippen LogP contribution in [0.5, 0.6) is 0 Å². The second kappa shape index (κ2) is 3.89. The molecular weight excluding hydrogens is 105 g/mol. The molecule has 1 saturated heterocycles. The van der Waals surface area contributed by atoms with Crippen molar-refractivity contribution in [3.63, 3.8) is 0 Å². The van der Waals surface area contributed by atoms with Crippen molar-refractivity contribution < 1.29 is 9.88 Å². The SMILES string of the molecule is B1CCCCOON1. The fourth-order valence-corrected chi connectivity index (χ4v) is 0.660. The van der Waals surface area contributed by atoms with Gasteiger partial charge in [0.05, 0.1) is 6.61 Å². The van der Waals surface area contributed by atoms with E-state index in [4.69, 9.17) is 0 Å². The van der Waals surface area contributed by atoms with E-state index in [9.17, 15) is 0 Å². The van der Waals surface area contributed by atoms with Gasteiger partial charge in [-0.15, -0.1) is 0 Å². The van der Waals surface area contributed by atoms with Crippen LogP contribution in [-0.2, 0) is 9.88 Å².